The third-order valence-electron chi connectivity index (χ3n) is 7.52. The summed E-state index contributed by atoms with van der Waals surface area (Å²) in [6.45, 7) is 11.1. The van der Waals surface area contributed by atoms with Crippen LogP contribution in [-0.4, -0.2) is 61.5 Å². The van der Waals surface area contributed by atoms with E-state index in [-0.39, 0.29) is 29.6 Å². The number of fused-ring (bicyclic) bond motifs is 1. The van der Waals surface area contributed by atoms with Crippen LogP contribution in [0.15, 0.2) is 35.6 Å². The van der Waals surface area contributed by atoms with Crippen molar-refractivity contribution < 1.29 is 9.59 Å². The van der Waals surface area contributed by atoms with Gasteiger partial charge in [0.05, 0.1) is 23.1 Å². The first-order chi connectivity index (χ1) is 19.7. The maximum atomic E-state index is 13.3. The first-order valence-electron chi connectivity index (χ1n) is 14.2. The molecule has 1 saturated heterocycles. The number of aldehydes is 1. The number of hydrogen-bond donors (Lipinski definition) is 1. The Bertz CT molecular complexity index is 1510. The summed E-state index contributed by atoms with van der Waals surface area (Å²) in [5.74, 6) is 2.99. The van der Waals surface area contributed by atoms with Gasteiger partial charge in [0.1, 0.15) is 11.9 Å². The number of allylic oxidation sites excluding steroid dienone is 2. The second kappa shape index (κ2) is 12.9. The fourth-order valence-corrected chi connectivity index (χ4v) is 5.40. The highest BCUT2D eigenvalue weighted by Gasteiger charge is 2.32. The Hall–Kier alpha value is -4.32. The van der Waals surface area contributed by atoms with Crippen LogP contribution in [0.3, 0.4) is 0 Å². The van der Waals surface area contributed by atoms with E-state index in [1.165, 1.54) is 4.52 Å². The van der Waals surface area contributed by atoms with Crippen LogP contribution in [0.5, 0.6) is 0 Å². The number of aliphatic imine (C=N–C) groups is 1. The SMILES string of the molecule is C#CC=C(CCC)c1ccc(-c2cnn3c(N)c(C=O)c(C4CCN(C(=O)C(N=C(C)C)C(C)C)CC4)nc23)cn1. The molecule has 1 amide bonds. The number of nitrogens with zero attached hydrogens (tertiary/aromatic N) is 6. The van der Waals surface area contributed by atoms with Gasteiger partial charge in [0.25, 0.3) is 0 Å². The van der Waals surface area contributed by atoms with E-state index in [2.05, 4.69) is 27.9 Å². The molecule has 2 N–H and O–H groups in total. The molecule has 0 saturated carbocycles. The van der Waals surface area contributed by atoms with Gasteiger partial charge in [0, 0.05) is 42.0 Å². The number of rotatable bonds is 9. The zero-order valence-corrected chi connectivity index (χ0v) is 24.6. The summed E-state index contributed by atoms with van der Waals surface area (Å²) in [5, 5.41) is 4.44. The summed E-state index contributed by atoms with van der Waals surface area (Å²) in [7, 11) is 0. The highest BCUT2D eigenvalue weighted by Crippen LogP contribution is 2.34. The second-order valence-electron chi connectivity index (χ2n) is 11.1. The van der Waals surface area contributed by atoms with E-state index in [1.807, 2.05) is 44.7 Å². The Labute approximate surface area is 242 Å². The minimum atomic E-state index is -0.387. The second-order valence-corrected chi connectivity index (χ2v) is 11.1. The van der Waals surface area contributed by atoms with Crippen molar-refractivity contribution in [3.8, 4) is 23.5 Å². The third-order valence-corrected chi connectivity index (χ3v) is 7.52. The van der Waals surface area contributed by atoms with Crippen molar-refractivity contribution in [2.45, 2.75) is 72.3 Å². The molecule has 9 nitrogen and oxygen atoms in total. The molecule has 1 atom stereocenters. The van der Waals surface area contributed by atoms with Gasteiger partial charge >= 0.3 is 0 Å². The Balaban J connectivity index is 1.63. The minimum absolute atomic E-state index is 0.0192. The minimum Gasteiger partial charge on any atom is -0.383 e. The summed E-state index contributed by atoms with van der Waals surface area (Å²) in [6, 6.07) is 3.53. The van der Waals surface area contributed by atoms with Crippen LogP contribution in [0, 0.1) is 18.3 Å². The van der Waals surface area contributed by atoms with E-state index in [4.69, 9.17) is 17.1 Å². The van der Waals surface area contributed by atoms with E-state index in [0.717, 1.165) is 47.2 Å². The third kappa shape index (κ3) is 6.22. The fourth-order valence-electron chi connectivity index (χ4n) is 5.40. The number of likely N-dealkylation sites (tertiary alicyclic amines) is 1. The van der Waals surface area contributed by atoms with Gasteiger partial charge in [-0.05, 0) is 56.7 Å². The lowest BCUT2D eigenvalue weighted by Gasteiger charge is -2.34. The van der Waals surface area contributed by atoms with Crippen LogP contribution in [-0.2, 0) is 4.79 Å². The normalized spacial score (nSPS) is 15.1. The number of hydrogen-bond acceptors (Lipinski definition) is 7. The van der Waals surface area contributed by atoms with Gasteiger partial charge in [-0.25, -0.2) is 4.98 Å². The molecular formula is C32H39N7O2. The lowest BCUT2D eigenvalue weighted by Crippen LogP contribution is -2.45. The lowest BCUT2D eigenvalue weighted by molar-refractivity contribution is -0.134. The van der Waals surface area contributed by atoms with Crippen LogP contribution < -0.4 is 5.73 Å². The number of amides is 1. The summed E-state index contributed by atoms with van der Waals surface area (Å²) in [4.78, 5) is 41.5. The molecule has 0 radical (unpaired) electrons. The predicted molar refractivity (Wildman–Crippen MR) is 164 cm³/mol. The number of terminal acetylenes is 1. The zero-order valence-electron chi connectivity index (χ0n) is 24.6. The van der Waals surface area contributed by atoms with E-state index in [1.54, 1.807) is 18.5 Å². The molecule has 4 rings (SSSR count). The smallest absolute Gasteiger partial charge is 0.247 e. The number of anilines is 1. The molecule has 9 heteroatoms. The Morgan fingerprint density at radius 2 is 1.98 bits per heavy atom. The quantitative estimate of drug-likeness (QED) is 0.221. The molecular weight excluding hydrogens is 514 g/mol. The van der Waals surface area contributed by atoms with Gasteiger partial charge in [-0.3, -0.25) is 19.6 Å². The molecule has 0 bridgehead atoms. The van der Waals surface area contributed by atoms with Gasteiger partial charge < -0.3 is 10.6 Å². The van der Waals surface area contributed by atoms with E-state index in [0.29, 0.717) is 42.8 Å². The van der Waals surface area contributed by atoms with Crippen LogP contribution in [0.25, 0.3) is 22.3 Å². The number of nitrogens with two attached hydrogens (primary N) is 1. The lowest BCUT2D eigenvalue weighted by atomic mass is 9.90. The number of nitrogen functional groups attached to an aromatic ring is 1. The average molecular weight is 554 g/mol. The highest BCUT2D eigenvalue weighted by atomic mass is 16.2. The Morgan fingerprint density at radius 1 is 1.24 bits per heavy atom. The highest BCUT2D eigenvalue weighted by molar-refractivity contribution is 5.88. The number of pyridine rings is 1. The van der Waals surface area contributed by atoms with Gasteiger partial charge in [0.15, 0.2) is 11.9 Å². The van der Waals surface area contributed by atoms with Crippen molar-refractivity contribution in [3.63, 3.8) is 0 Å². The van der Waals surface area contributed by atoms with Crippen molar-refractivity contribution in [1.29, 1.82) is 0 Å². The number of aromatic nitrogens is 4. The molecule has 1 unspecified atom stereocenters. The maximum Gasteiger partial charge on any atom is 0.247 e. The molecule has 3 aromatic heterocycles. The maximum absolute atomic E-state index is 13.3. The summed E-state index contributed by atoms with van der Waals surface area (Å²) < 4.78 is 1.51. The van der Waals surface area contributed by atoms with E-state index in [9.17, 15) is 9.59 Å². The van der Waals surface area contributed by atoms with Crippen molar-refractivity contribution in [2.24, 2.45) is 10.9 Å². The zero-order chi connectivity index (χ0) is 29.7. The van der Waals surface area contributed by atoms with Gasteiger partial charge in [0.2, 0.25) is 5.91 Å². The van der Waals surface area contributed by atoms with Crippen molar-refractivity contribution >= 4 is 34.9 Å². The molecule has 1 aliphatic rings. The summed E-state index contributed by atoms with van der Waals surface area (Å²) in [5.41, 5.74) is 12.4. The fraction of sp³-hybridized carbons (Fsp3) is 0.438. The predicted octanol–water partition coefficient (Wildman–Crippen LogP) is 5.21. The van der Waals surface area contributed by atoms with E-state index >= 15 is 0 Å². The number of carbonyl (C=O) groups excluding carboxylic acids is 2. The Morgan fingerprint density at radius 3 is 2.54 bits per heavy atom. The van der Waals surface area contributed by atoms with Crippen molar-refractivity contribution in [1.82, 2.24) is 24.5 Å². The largest absolute Gasteiger partial charge is 0.383 e. The first-order valence-corrected chi connectivity index (χ1v) is 14.2. The summed E-state index contributed by atoms with van der Waals surface area (Å²) >= 11 is 0. The van der Waals surface area contributed by atoms with Crippen molar-refractivity contribution in [2.75, 3.05) is 18.8 Å². The molecule has 0 spiro atoms. The number of piperidine rings is 1. The molecule has 0 aromatic carbocycles. The standard InChI is InChI=1S/C32H39N7O2/c1-7-9-22(10-8-2)27-12-11-24(17-34-27)25-18-35-39-30(33)26(19-40)29(37-31(25)39)23-13-15-38(16-14-23)32(41)28(20(3)4)36-21(5)6/h1,9,11-12,17-20,23,28H,8,10,13-16,33H2,2-6H3. The molecule has 3 aromatic rings. The molecule has 1 aliphatic heterocycles. The molecule has 0 aliphatic carbocycles. The van der Waals surface area contributed by atoms with Crippen LogP contribution in [0.2, 0.25) is 0 Å². The molecule has 4 heterocycles. The van der Waals surface area contributed by atoms with Crippen LogP contribution in [0.1, 0.15) is 88.0 Å². The van der Waals surface area contributed by atoms with Crippen LogP contribution in [0.4, 0.5) is 5.82 Å². The number of carbonyl (C=O) groups is 2. The molecule has 41 heavy (non-hydrogen) atoms. The van der Waals surface area contributed by atoms with Gasteiger partial charge in [-0.15, -0.1) is 6.42 Å². The van der Waals surface area contributed by atoms with Gasteiger partial charge in [-0.2, -0.15) is 9.61 Å². The first kappa shape index (κ1) is 29.7. The van der Waals surface area contributed by atoms with E-state index < -0.39 is 0 Å². The van der Waals surface area contributed by atoms with Crippen LogP contribution >= 0.6 is 0 Å². The Kier molecular flexibility index (Phi) is 9.33. The van der Waals surface area contributed by atoms with Gasteiger partial charge in [-0.1, -0.05) is 39.2 Å². The monoisotopic (exact) mass is 553 g/mol. The topological polar surface area (TPSA) is 119 Å². The molecule has 1 fully saturated rings. The van der Waals surface area contributed by atoms with Crippen molar-refractivity contribution in [3.05, 3.63) is 47.6 Å². The summed E-state index contributed by atoms with van der Waals surface area (Å²) in [6.07, 6.45) is 14.7. The molecule has 214 valence electrons. The average Bonchev–Trinajstić information content (AvgIpc) is 3.40.